The van der Waals surface area contributed by atoms with Crippen LogP contribution in [0.5, 0.6) is 0 Å². The van der Waals surface area contributed by atoms with E-state index < -0.39 is 0 Å². The van der Waals surface area contributed by atoms with Gasteiger partial charge in [-0.3, -0.25) is 4.98 Å². The van der Waals surface area contributed by atoms with E-state index in [2.05, 4.69) is 27.5 Å². The number of para-hydroxylation sites is 2. The molecule has 1 aromatic carbocycles. The molecule has 0 bridgehead atoms. The van der Waals surface area contributed by atoms with Crippen molar-refractivity contribution < 1.29 is 0 Å². The van der Waals surface area contributed by atoms with Gasteiger partial charge in [-0.15, -0.1) is 0 Å². The van der Waals surface area contributed by atoms with Gasteiger partial charge in [0.15, 0.2) is 0 Å². The van der Waals surface area contributed by atoms with Crippen LogP contribution in [0.25, 0.3) is 11.0 Å². The summed E-state index contributed by atoms with van der Waals surface area (Å²) in [5.41, 5.74) is 2.25. The van der Waals surface area contributed by atoms with Gasteiger partial charge >= 0.3 is 0 Å². The molecule has 0 atom stereocenters. The lowest BCUT2D eigenvalue weighted by molar-refractivity contribution is 0.247. The van der Waals surface area contributed by atoms with Crippen LogP contribution >= 0.6 is 0 Å². The molecule has 0 aliphatic carbocycles. The first-order valence-corrected chi connectivity index (χ1v) is 6.92. The predicted molar refractivity (Wildman–Crippen MR) is 78.2 cm³/mol. The summed E-state index contributed by atoms with van der Waals surface area (Å²) >= 11 is 0. The minimum Gasteiger partial charge on any atom is -0.368 e. The van der Waals surface area contributed by atoms with Crippen LogP contribution in [0, 0.1) is 5.41 Å². The molecule has 4 nitrogen and oxygen atoms in total. The van der Waals surface area contributed by atoms with Crippen molar-refractivity contribution in [3.05, 3.63) is 30.5 Å². The average molecular weight is 256 g/mol. The van der Waals surface area contributed by atoms with Crippen LogP contribution in [0.4, 0.5) is 5.82 Å². The molecule has 0 amide bonds. The van der Waals surface area contributed by atoms with Crippen LogP contribution in [0.15, 0.2) is 30.5 Å². The number of piperidine rings is 1. The van der Waals surface area contributed by atoms with Crippen molar-refractivity contribution in [2.75, 3.05) is 25.0 Å². The zero-order valence-corrected chi connectivity index (χ0v) is 11.3. The molecule has 19 heavy (non-hydrogen) atoms. The summed E-state index contributed by atoms with van der Waals surface area (Å²) in [7, 11) is 0. The van der Waals surface area contributed by atoms with E-state index in [4.69, 9.17) is 0 Å². The third-order valence-corrected chi connectivity index (χ3v) is 3.96. The van der Waals surface area contributed by atoms with Crippen molar-refractivity contribution in [1.29, 1.82) is 0 Å². The topological polar surface area (TPSA) is 49.8 Å². The fourth-order valence-corrected chi connectivity index (χ4v) is 2.55. The quantitative estimate of drug-likeness (QED) is 0.885. The van der Waals surface area contributed by atoms with Gasteiger partial charge in [0.2, 0.25) is 0 Å². The van der Waals surface area contributed by atoms with Gasteiger partial charge in [-0.25, -0.2) is 4.98 Å². The third-order valence-electron chi connectivity index (χ3n) is 3.96. The van der Waals surface area contributed by atoms with Crippen LogP contribution in [-0.4, -0.2) is 29.6 Å². The number of rotatable bonds is 3. The van der Waals surface area contributed by atoms with Crippen molar-refractivity contribution in [3.63, 3.8) is 0 Å². The number of fused-ring (bicyclic) bond motifs is 1. The minimum atomic E-state index is 0.360. The Morgan fingerprint density at radius 2 is 1.95 bits per heavy atom. The smallest absolute Gasteiger partial charge is 0.145 e. The maximum Gasteiger partial charge on any atom is 0.145 e. The van der Waals surface area contributed by atoms with Gasteiger partial charge in [0, 0.05) is 6.54 Å². The first-order chi connectivity index (χ1) is 9.25. The standard InChI is InChI=1S/C15H20N4/c1-15(6-8-16-9-7-15)11-18-14-10-17-12-4-2-3-5-13(12)19-14/h2-5,10,16H,6-9,11H2,1H3,(H,18,19). The predicted octanol–water partition coefficient (Wildman–Crippen LogP) is 2.43. The largest absolute Gasteiger partial charge is 0.368 e. The van der Waals surface area contributed by atoms with Gasteiger partial charge in [0.05, 0.1) is 17.2 Å². The van der Waals surface area contributed by atoms with E-state index >= 15 is 0 Å². The summed E-state index contributed by atoms with van der Waals surface area (Å²) < 4.78 is 0. The Hall–Kier alpha value is -1.68. The molecule has 2 N–H and O–H groups in total. The number of anilines is 1. The first kappa shape index (κ1) is 12.4. The number of hydrogen-bond donors (Lipinski definition) is 2. The zero-order valence-electron chi connectivity index (χ0n) is 11.3. The second-order valence-corrected chi connectivity index (χ2v) is 5.66. The molecular formula is C15H20N4. The fourth-order valence-electron chi connectivity index (χ4n) is 2.55. The maximum atomic E-state index is 4.60. The lowest BCUT2D eigenvalue weighted by Crippen LogP contribution is -2.39. The van der Waals surface area contributed by atoms with Crippen LogP contribution in [-0.2, 0) is 0 Å². The molecular weight excluding hydrogens is 236 g/mol. The Morgan fingerprint density at radius 1 is 1.21 bits per heavy atom. The lowest BCUT2D eigenvalue weighted by atomic mass is 9.81. The summed E-state index contributed by atoms with van der Waals surface area (Å²) in [6.45, 7) is 5.53. The van der Waals surface area contributed by atoms with Crippen molar-refractivity contribution in [1.82, 2.24) is 15.3 Å². The summed E-state index contributed by atoms with van der Waals surface area (Å²) in [5.74, 6) is 0.874. The molecule has 0 saturated carbocycles. The molecule has 1 aliphatic rings. The second kappa shape index (κ2) is 5.13. The van der Waals surface area contributed by atoms with E-state index in [-0.39, 0.29) is 0 Å². The molecule has 2 heterocycles. The summed E-state index contributed by atoms with van der Waals surface area (Å²) in [6.07, 6.45) is 4.24. The molecule has 1 fully saturated rings. The Kier molecular flexibility index (Phi) is 3.34. The van der Waals surface area contributed by atoms with E-state index in [1.54, 1.807) is 0 Å². The Bertz CT molecular complexity index is 561. The normalized spacial score (nSPS) is 18.4. The van der Waals surface area contributed by atoms with Crippen LogP contribution < -0.4 is 10.6 Å². The van der Waals surface area contributed by atoms with E-state index in [1.165, 1.54) is 12.8 Å². The lowest BCUT2D eigenvalue weighted by Gasteiger charge is -2.34. The minimum absolute atomic E-state index is 0.360. The highest BCUT2D eigenvalue weighted by Gasteiger charge is 2.26. The Balaban J connectivity index is 1.71. The Morgan fingerprint density at radius 3 is 2.74 bits per heavy atom. The van der Waals surface area contributed by atoms with Crippen LogP contribution in [0.1, 0.15) is 19.8 Å². The molecule has 0 unspecified atom stereocenters. The molecule has 100 valence electrons. The number of nitrogens with one attached hydrogen (secondary N) is 2. The van der Waals surface area contributed by atoms with Crippen molar-refractivity contribution in [2.24, 2.45) is 5.41 Å². The Labute approximate surface area is 113 Å². The highest BCUT2D eigenvalue weighted by atomic mass is 15.0. The van der Waals surface area contributed by atoms with E-state index in [0.717, 1.165) is 36.5 Å². The molecule has 2 aromatic rings. The first-order valence-electron chi connectivity index (χ1n) is 6.92. The highest BCUT2D eigenvalue weighted by molar-refractivity contribution is 5.75. The van der Waals surface area contributed by atoms with Crippen molar-refractivity contribution in [2.45, 2.75) is 19.8 Å². The molecule has 1 aliphatic heterocycles. The van der Waals surface area contributed by atoms with Gasteiger partial charge in [-0.1, -0.05) is 19.1 Å². The zero-order chi connectivity index (χ0) is 13.1. The summed E-state index contributed by atoms with van der Waals surface area (Å²) in [4.78, 5) is 9.03. The van der Waals surface area contributed by atoms with Gasteiger partial charge < -0.3 is 10.6 Å². The van der Waals surface area contributed by atoms with Crippen LogP contribution in [0.2, 0.25) is 0 Å². The fraction of sp³-hybridized carbons (Fsp3) is 0.467. The molecule has 4 heteroatoms. The van der Waals surface area contributed by atoms with Crippen molar-refractivity contribution >= 4 is 16.9 Å². The summed E-state index contributed by atoms with van der Waals surface area (Å²) in [5, 5.41) is 6.85. The molecule has 3 rings (SSSR count). The second-order valence-electron chi connectivity index (χ2n) is 5.66. The van der Waals surface area contributed by atoms with E-state index in [1.807, 2.05) is 30.5 Å². The van der Waals surface area contributed by atoms with Gasteiger partial charge in [-0.05, 0) is 43.5 Å². The van der Waals surface area contributed by atoms with E-state index in [0.29, 0.717) is 5.41 Å². The number of benzene rings is 1. The van der Waals surface area contributed by atoms with E-state index in [9.17, 15) is 0 Å². The monoisotopic (exact) mass is 256 g/mol. The van der Waals surface area contributed by atoms with Gasteiger partial charge in [0.25, 0.3) is 0 Å². The van der Waals surface area contributed by atoms with Gasteiger partial charge in [0.1, 0.15) is 5.82 Å². The third kappa shape index (κ3) is 2.84. The highest BCUT2D eigenvalue weighted by Crippen LogP contribution is 2.28. The molecule has 1 saturated heterocycles. The van der Waals surface area contributed by atoms with Crippen LogP contribution in [0.3, 0.4) is 0 Å². The average Bonchev–Trinajstić information content (AvgIpc) is 2.46. The summed E-state index contributed by atoms with van der Waals surface area (Å²) in [6, 6.07) is 7.97. The molecule has 0 spiro atoms. The van der Waals surface area contributed by atoms with Crippen molar-refractivity contribution in [3.8, 4) is 0 Å². The maximum absolute atomic E-state index is 4.60. The SMILES string of the molecule is CC1(CNc2cnc3ccccc3n2)CCNCC1. The molecule has 0 radical (unpaired) electrons. The number of hydrogen-bond acceptors (Lipinski definition) is 4. The number of aromatic nitrogens is 2. The van der Waals surface area contributed by atoms with Gasteiger partial charge in [-0.2, -0.15) is 0 Å². The number of nitrogens with zero attached hydrogens (tertiary/aromatic N) is 2. The molecule has 1 aromatic heterocycles.